The van der Waals surface area contributed by atoms with Gasteiger partial charge in [0.25, 0.3) is 5.91 Å². The molecule has 5 heteroatoms. The third kappa shape index (κ3) is 3.68. The van der Waals surface area contributed by atoms with Gasteiger partial charge in [-0.1, -0.05) is 18.2 Å². The fourth-order valence-electron chi connectivity index (χ4n) is 1.74. The molecule has 0 aliphatic carbocycles. The zero-order valence-corrected chi connectivity index (χ0v) is 12.0. The molecule has 0 bridgehead atoms. The van der Waals surface area contributed by atoms with Gasteiger partial charge in [0.2, 0.25) is 5.91 Å². The zero-order valence-electron chi connectivity index (χ0n) is 11.2. The van der Waals surface area contributed by atoms with E-state index in [0.717, 1.165) is 5.69 Å². The van der Waals surface area contributed by atoms with Gasteiger partial charge in [0.1, 0.15) is 0 Å². The van der Waals surface area contributed by atoms with Crippen molar-refractivity contribution in [1.82, 2.24) is 5.32 Å². The van der Waals surface area contributed by atoms with Crippen molar-refractivity contribution in [3.8, 4) is 0 Å². The van der Waals surface area contributed by atoms with E-state index in [-0.39, 0.29) is 18.2 Å². The minimum atomic E-state index is -0.138. The highest BCUT2D eigenvalue weighted by molar-refractivity contribution is 7.08. The van der Waals surface area contributed by atoms with Crippen molar-refractivity contribution in [3.63, 3.8) is 0 Å². The normalized spacial score (nSPS) is 10.1. The minimum Gasteiger partial charge on any atom is -0.351 e. The lowest BCUT2D eigenvalue weighted by atomic mass is 10.2. The number of para-hydroxylation sites is 1. The second-order valence-electron chi connectivity index (χ2n) is 4.31. The van der Waals surface area contributed by atoms with Crippen molar-refractivity contribution >= 4 is 28.8 Å². The van der Waals surface area contributed by atoms with E-state index < -0.39 is 0 Å². The van der Waals surface area contributed by atoms with E-state index in [1.165, 1.54) is 11.3 Å². The van der Waals surface area contributed by atoms with Crippen molar-refractivity contribution in [3.05, 3.63) is 52.7 Å². The summed E-state index contributed by atoms with van der Waals surface area (Å²) in [6.07, 6.45) is 0.279. The van der Waals surface area contributed by atoms with Gasteiger partial charge in [-0.25, -0.2) is 0 Å². The summed E-state index contributed by atoms with van der Waals surface area (Å²) in [5.74, 6) is -0.164. The molecule has 2 aromatic rings. The number of nitrogens with one attached hydrogen (secondary N) is 1. The Balaban J connectivity index is 1.79. The smallest absolute Gasteiger partial charge is 0.252 e. The Labute approximate surface area is 122 Å². The van der Waals surface area contributed by atoms with Crippen LogP contribution in [0.5, 0.6) is 0 Å². The van der Waals surface area contributed by atoms with E-state index in [2.05, 4.69) is 5.32 Å². The molecule has 104 valence electrons. The number of rotatable bonds is 5. The quantitative estimate of drug-likeness (QED) is 0.919. The monoisotopic (exact) mass is 288 g/mol. The lowest BCUT2D eigenvalue weighted by molar-refractivity contribution is -0.118. The van der Waals surface area contributed by atoms with Crippen LogP contribution in [0.25, 0.3) is 0 Å². The van der Waals surface area contributed by atoms with Crippen LogP contribution in [-0.4, -0.2) is 25.4 Å². The van der Waals surface area contributed by atoms with Crippen LogP contribution in [0.2, 0.25) is 0 Å². The summed E-state index contributed by atoms with van der Waals surface area (Å²) < 4.78 is 0. The number of hydrogen-bond donors (Lipinski definition) is 1. The molecule has 0 aliphatic rings. The van der Waals surface area contributed by atoms with E-state index in [9.17, 15) is 9.59 Å². The summed E-state index contributed by atoms with van der Waals surface area (Å²) in [6.45, 7) is 0.338. The summed E-state index contributed by atoms with van der Waals surface area (Å²) >= 11 is 1.47. The maximum Gasteiger partial charge on any atom is 0.252 e. The molecule has 0 fully saturated rings. The number of hydrogen-bond acceptors (Lipinski definition) is 3. The number of anilines is 1. The van der Waals surface area contributed by atoms with Gasteiger partial charge < -0.3 is 10.2 Å². The Kier molecular flexibility index (Phi) is 4.90. The van der Waals surface area contributed by atoms with Crippen LogP contribution in [-0.2, 0) is 4.79 Å². The van der Waals surface area contributed by atoms with Crippen LogP contribution in [0.4, 0.5) is 5.69 Å². The highest BCUT2D eigenvalue weighted by atomic mass is 32.1. The lowest BCUT2D eigenvalue weighted by Crippen LogP contribution is -2.31. The maximum absolute atomic E-state index is 12.0. The van der Waals surface area contributed by atoms with Crippen LogP contribution in [0.3, 0.4) is 0 Å². The largest absolute Gasteiger partial charge is 0.351 e. The van der Waals surface area contributed by atoms with Gasteiger partial charge in [0.05, 0.1) is 0 Å². The van der Waals surface area contributed by atoms with E-state index in [0.29, 0.717) is 12.1 Å². The predicted octanol–water partition coefficient (Wildman–Crippen LogP) is 2.53. The molecule has 0 aliphatic heterocycles. The fraction of sp³-hybridized carbons (Fsp3) is 0.200. The first kappa shape index (κ1) is 14.3. The topological polar surface area (TPSA) is 49.4 Å². The van der Waals surface area contributed by atoms with Gasteiger partial charge in [-0.3, -0.25) is 9.59 Å². The summed E-state index contributed by atoms with van der Waals surface area (Å²) in [5, 5.41) is 6.38. The average molecular weight is 288 g/mol. The average Bonchev–Trinajstić information content (AvgIpc) is 3.01. The van der Waals surface area contributed by atoms with Crippen LogP contribution in [0.15, 0.2) is 47.2 Å². The molecule has 20 heavy (non-hydrogen) atoms. The van der Waals surface area contributed by atoms with Gasteiger partial charge in [-0.05, 0) is 23.6 Å². The molecule has 1 aromatic carbocycles. The standard InChI is InChI=1S/C15H16N2O2S/c1-17(13-5-3-2-4-6-13)14(18)7-9-16-15(19)12-8-10-20-11-12/h2-6,8,10-11H,7,9H2,1H3,(H,16,19). The van der Waals surface area contributed by atoms with Gasteiger partial charge in [0, 0.05) is 36.6 Å². The van der Waals surface area contributed by atoms with Crippen molar-refractivity contribution in [2.45, 2.75) is 6.42 Å². The molecule has 0 unspecified atom stereocenters. The molecule has 2 amide bonds. The number of carbonyl (C=O) groups excluding carboxylic acids is 2. The second kappa shape index (κ2) is 6.86. The molecule has 0 saturated carbocycles. The summed E-state index contributed by atoms with van der Waals surface area (Å²) in [5.41, 5.74) is 1.49. The number of nitrogens with zero attached hydrogens (tertiary/aromatic N) is 1. The van der Waals surface area contributed by atoms with Gasteiger partial charge in [0.15, 0.2) is 0 Å². The fourth-order valence-corrected chi connectivity index (χ4v) is 2.38. The molecule has 4 nitrogen and oxygen atoms in total. The predicted molar refractivity (Wildman–Crippen MR) is 81.1 cm³/mol. The third-order valence-corrected chi connectivity index (χ3v) is 3.61. The van der Waals surface area contributed by atoms with Crippen LogP contribution in [0, 0.1) is 0 Å². The second-order valence-corrected chi connectivity index (χ2v) is 5.09. The molecular formula is C15H16N2O2S. The van der Waals surface area contributed by atoms with E-state index >= 15 is 0 Å². The highest BCUT2D eigenvalue weighted by Crippen LogP contribution is 2.11. The Morgan fingerprint density at radius 2 is 1.95 bits per heavy atom. The molecule has 1 N–H and O–H groups in total. The number of amides is 2. The molecule has 1 aromatic heterocycles. The Morgan fingerprint density at radius 3 is 2.60 bits per heavy atom. The van der Waals surface area contributed by atoms with Crippen LogP contribution < -0.4 is 10.2 Å². The number of carbonyl (C=O) groups is 2. The van der Waals surface area contributed by atoms with Crippen molar-refractivity contribution in [1.29, 1.82) is 0 Å². The SMILES string of the molecule is CN(C(=O)CCNC(=O)c1ccsc1)c1ccccc1. The van der Waals surface area contributed by atoms with E-state index in [1.54, 1.807) is 23.4 Å². The summed E-state index contributed by atoms with van der Waals surface area (Å²) in [7, 11) is 1.73. The molecule has 0 saturated heterocycles. The van der Waals surface area contributed by atoms with Crippen molar-refractivity contribution in [2.75, 3.05) is 18.5 Å². The van der Waals surface area contributed by atoms with Gasteiger partial charge >= 0.3 is 0 Å². The van der Waals surface area contributed by atoms with Gasteiger partial charge in [-0.15, -0.1) is 0 Å². The Morgan fingerprint density at radius 1 is 1.20 bits per heavy atom. The maximum atomic E-state index is 12.0. The van der Waals surface area contributed by atoms with Crippen LogP contribution >= 0.6 is 11.3 Å². The summed E-state index contributed by atoms with van der Waals surface area (Å²) in [4.78, 5) is 25.3. The first-order chi connectivity index (χ1) is 9.68. The Hall–Kier alpha value is -2.14. The van der Waals surface area contributed by atoms with E-state index in [4.69, 9.17) is 0 Å². The van der Waals surface area contributed by atoms with Crippen molar-refractivity contribution in [2.24, 2.45) is 0 Å². The van der Waals surface area contributed by atoms with E-state index in [1.807, 2.05) is 35.7 Å². The van der Waals surface area contributed by atoms with Crippen molar-refractivity contribution < 1.29 is 9.59 Å². The molecule has 0 atom stereocenters. The Bertz CT molecular complexity index is 567. The zero-order chi connectivity index (χ0) is 14.4. The molecule has 2 rings (SSSR count). The first-order valence-corrected chi connectivity index (χ1v) is 7.25. The molecule has 0 spiro atoms. The number of thiophene rings is 1. The molecular weight excluding hydrogens is 272 g/mol. The highest BCUT2D eigenvalue weighted by Gasteiger charge is 2.11. The third-order valence-electron chi connectivity index (χ3n) is 2.93. The molecule has 0 radical (unpaired) electrons. The minimum absolute atomic E-state index is 0.0261. The van der Waals surface area contributed by atoms with Crippen LogP contribution in [0.1, 0.15) is 16.8 Å². The molecule has 1 heterocycles. The van der Waals surface area contributed by atoms with Gasteiger partial charge in [-0.2, -0.15) is 11.3 Å². The summed E-state index contributed by atoms with van der Waals surface area (Å²) in [6, 6.07) is 11.2. The first-order valence-electron chi connectivity index (χ1n) is 6.30. The lowest BCUT2D eigenvalue weighted by Gasteiger charge is -2.17. The number of benzene rings is 1.